The third-order valence-electron chi connectivity index (χ3n) is 3.93. The van der Waals surface area contributed by atoms with Gasteiger partial charge >= 0.3 is 6.09 Å². The van der Waals surface area contributed by atoms with Gasteiger partial charge in [-0.15, -0.1) is 0 Å². The largest absolute Gasteiger partial charge is 0.465 e. The van der Waals surface area contributed by atoms with Gasteiger partial charge in [0.05, 0.1) is 5.69 Å². The number of carbonyl (C=O) groups is 2. The minimum absolute atomic E-state index is 0.174. The number of nitrogens with one attached hydrogen (secondary N) is 2. The van der Waals surface area contributed by atoms with E-state index in [0.717, 1.165) is 16.7 Å². The van der Waals surface area contributed by atoms with Gasteiger partial charge in [0.15, 0.2) is 0 Å². The Morgan fingerprint density at radius 2 is 1.70 bits per heavy atom. The fraction of sp³-hybridized carbons (Fsp3) is 0.0500. The topological polar surface area (TPSA) is 117 Å². The molecule has 7 nitrogen and oxygen atoms in total. The van der Waals surface area contributed by atoms with E-state index in [1.165, 1.54) is 0 Å². The molecule has 2 amide bonds. The number of nitrogens with two attached hydrogens (primary N) is 1. The van der Waals surface area contributed by atoms with Crippen molar-refractivity contribution in [3.8, 4) is 11.1 Å². The number of hydrogen-bond donors (Lipinski definition) is 4. The van der Waals surface area contributed by atoms with Gasteiger partial charge in [0.1, 0.15) is 5.82 Å². The van der Waals surface area contributed by atoms with Crippen LogP contribution in [0.1, 0.15) is 15.9 Å². The van der Waals surface area contributed by atoms with Gasteiger partial charge in [0, 0.05) is 23.9 Å². The standard InChI is InChI=1S/C20H18N4O3/c21-18-17(10-16(12-22-18)14-4-2-1-3-5-14)24-19(25)15-8-6-13(7-9-15)11-23-20(26)27/h1-10,12,23H,11H2,(H2,21,22)(H,24,25)(H,26,27). The summed E-state index contributed by atoms with van der Waals surface area (Å²) >= 11 is 0. The second-order valence-corrected chi connectivity index (χ2v) is 5.83. The fourth-order valence-corrected chi connectivity index (χ4v) is 2.51. The maximum atomic E-state index is 12.5. The van der Waals surface area contributed by atoms with Gasteiger partial charge in [-0.3, -0.25) is 4.79 Å². The van der Waals surface area contributed by atoms with Crippen molar-refractivity contribution in [3.63, 3.8) is 0 Å². The Labute approximate surface area is 155 Å². The number of rotatable bonds is 5. The van der Waals surface area contributed by atoms with Gasteiger partial charge in [-0.2, -0.15) is 0 Å². The fourth-order valence-electron chi connectivity index (χ4n) is 2.51. The van der Waals surface area contributed by atoms with Gasteiger partial charge in [-0.25, -0.2) is 9.78 Å². The zero-order valence-corrected chi connectivity index (χ0v) is 14.3. The van der Waals surface area contributed by atoms with E-state index in [0.29, 0.717) is 11.3 Å². The minimum atomic E-state index is -1.10. The van der Waals surface area contributed by atoms with Crippen molar-refractivity contribution in [2.45, 2.75) is 6.54 Å². The predicted octanol–water partition coefficient (Wildman–Crippen LogP) is 3.35. The summed E-state index contributed by atoms with van der Waals surface area (Å²) in [4.78, 5) is 27.2. The van der Waals surface area contributed by atoms with Crippen LogP contribution in [0.15, 0.2) is 66.9 Å². The molecule has 2 aromatic carbocycles. The molecule has 0 aliphatic rings. The van der Waals surface area contributed by atoms with Crippen LogP contribution in [0.5, 0.6) is 0 Å². The van der Waals surface area contributed by atoms with Crippen molar-refractivity contribution in [2.24, 2.45) is 0 Å². The highest BCUT2D eigenvalue weighted by Crippen LogP contribution is 2.25. The van der Waals surface area contributed by atoms with Crippen LogP contribution in [0.3, 0.4) is 0 Å². The van der Waals surface area contributed by atoms with Crippen LogP contribution in [-0.4, -0.2) is 22.1 Å². The van der Waals surface area contributed by atoms with Crippen molar-refractivity contribution in [3.05, 3.63) is 78.0 Å². The van der Waals surface area contributed by atoms with E-state index in [9.17, 15) is 9.59 Å². The van der Waals surface area contributed by atoms with E-state index < -0.39 is 6.09 Å². The first kappa shape index (κ1) is 17.9. The van der Waals surface area contributed by atoms with Crippen LogP contribution in [0.25, 0.3) is 11.1 Å². The average molecular weight is 362 g/mol. The number of nitrogens with zero attached hydrogens (tertiary/aromatic N) is 1. The van der Waals surface area contributed by atoms with Crippen LogP contribution in [-0.2, 0) is 6.54 Å². The molecule has 5 N–H and O–H groups in total. The molecule has 0 atom stereocenters. The second kappa shape index (κ2) is 8.01. The number of carboxylic acid groups (broad SMARTS) is 1. The van der Waals surface area contributed by atoms with Gasteiger partial charge in [-0.1, -0.05) is 42.5 Å². The van der Waals surface area contributed by atoms with Crippen molar-refractivity contribution in [1.29, 1.82) is 0 Å². The summed E-state index contributed by atoms with van der Waals surface area (Å²) in [6.45, 7) is 0.174. The van der Waals surface area contributed by atoms with Gasteiger partial charge in [0.25, 0.3) is 5.91 Å². The normalized spacial score (nSPS) is 10.2. The first-order chi connectivity index (χ1) is 13.0. The summed E-state index contributed by atoms with van der Waals surface area (Å²) in [5.74, 6) is -0.100. The molecule has 0 fully saturated rings. The number of benzene rings is 2. The summed E-state index contributed by atoms with van der Waals surface area (Å²) in [6.07, 6.45) is 0.558. The summed E-state index contributed by atoms with van der Waals surface area (Å²) in [7, 11) is 0. The molecule has 27 heavy (non-hydrogen) atoms. The third-order valence-corrected chi connectivity index (χ3v) is 3.93. The first-order valence-corrected chi connectivity index (χ1v) is 8.21. The number of amides is 2. The van der Waals surface area contributed by atoms with Gasteiger partial charge in [-0.05, 0) is 29.3 Å². The number of pyridine rings is 1. The molecule has 3 rings (SSSR count). The summed E-state index contributed by atoms with van der Waals surface area (Å²) < 4.78 is 0. The molecule has 0 spiro atoms. The number of aromatic nitrogens is 1. The molecule has 0 unspecified atom stereocenters. The molecule has 3 aromatic rings. The lowest BCUT2D eigenvalue weighted by Gasteiger charge is -2.10. The van der Waals surface area contributed by atoms with E-state index in [-0.39, 0.29) is 18.3 Å². The molecule has 0 aliphatic heterocycles. The number of nitrogen functional groups attached to an aromatic ring is 1. The second-order valence-electron chi connectivity index (χ2n) is 5.83. The van der Waals surface area contributed by atoms with E-state index in [4.69, 9.17) is 10.8 Å². The Morgan fingerprint density at radius 3 is 2.37 bits per heavy atom. The molecular weight excluding hydrogens is 344 g/mol. The monoisotopic (exact) mass is 362 g/mol. The highest BCUT2D eigenvalue weighted by molar-refractivity contribution is 6.05. The molecule has 0 saturated heterocycles. The molecule has 7 heteroatoms. The molecule has 0 radical (unpaired) electrons. The number of hydrogen-bond acceptors (Lipinski definition) is 4. The van der Waals surface area contributed by atoms with Crippen molar-refractivity contribution < 1.29 is 14.7 Å². The van der Waals surface area contributed by atoms with E-state index in [1.807, 2.05) is 30.3 Å². The van der Waals surface area contributed by atoms with Crippen LogP contribution in [0, 0.1) is 0 Å². The molecule has 0 aliphatic carbocycles. The smallest absolute Gasteiger partial charge is 0.404 e. The third kappa shape index (κ3) is 4.60. The Bertz CT molecular complexity index is 957. The summed E-state index contributed by atoms with van der Waals surface area (Å²) in [5, 5.41) is 13.7. The Kier molecular flexibility index (Phi) is 5.32. The van der Waals surface area contributed by atoms with Crippen LogP contribution < -0.4 is 16.4 Å². The van der Waals surface area contributed by atoms with Crippen molar-refractivity contribution in [2.75, 3.05) is 11.1 Å². The first-order valence-electron chi connectivity index (χ1n) is 8.21. The van der Waals surface area contributed by atoms with Gasteiger partial charge < -0.3 is 21.5 Å². The maximum Gasteiger partial charge on any atom is 0.404 e. The van der Waals surface area contributed by atoms with E-state index >= 15 is 0 Å². The quantitative estimate of drug-likeness (QED) is 0.555. The van der Waals surface area contributed by atoms with Crippen LogP contribution >= 0.6 is 0 Å². The van der Waals surface area contributed by atoms with Crippen molar-refractivity contribution >= 4 is 23.5 Å². The molecule has 1 aromatic heterocycles. The van der Waals surface area contributed by atoms with Crippen LogP contribution in [0.2, 0.25) is 0 Å². The number of anilines is 2. The SMILES string of the molecule is Nc1ncc(-c2ccccc2)cc1NC(=O)c1ccc(CNC(=O)O)cc1. The predicted molar refractivity (Wildman–Crippen MR) is 103 cm³/mol. The molecule has 1 heterocycles. The van der Waals surface area contributed by atoms with Crippen LogP contribution in [0.4, 0.5) is 16.3 Å². The lowest BCUT2D eigenvalue weighted by Crippen LogP contribution is -2.20. The summed E-state index contributed by atoms with van der Waals surface area (Å²) in [5.41, 5.74) is 9.32. The highest BCUT2D eigenvalue weighted by Gasteiger charge is 2.10. The molecule has 0 saturated carbocycles. The average Bonchev–Trinajstić information content (AvgIpc) is 2.69. The molecule has 136 valence electrons. The minimum Gasteiger partial charge on any atom is -0.465 e. The highest BCUT2D eigenvalue weighted by atomic mass is 16.4. The maximum absolute atomic E-state index is 12.5. The van der Waals surface area contributed by atoms with E-state index in [1.54, 1.807) is 36.5 Å². The molecular formula is C20H18N4O3. The molecule has 0 bridgehead atoms. The number of carbonyl (C=O) groups excluding carboxylic acids is 1. The summed E-state index contributed by atoms with van der Waals surface area (Å²) in [6, 6.07) is 18.1. The zero-order chi connectivity index (χ0) is 19.2. The zero-order valence-electron chi connectivity index (χ0n) is 14.3. The van der Waals surface area contributed by atoms with E-state index in [2.05, 4.69) is 15.6 Å². The van der Waals surface area contributed by atoms with Crippen molar-refractivity contribution in [1.82, 2.24) is 10.3 Å². The lowest BCUT2D eigenvalue weighted by atomic mass is 10.1. The Balaban J connectivity index is 1.75. The Morgan fingerprint density at radius 1 is 1.00 bits per heavy atom. The Hall–Kier alpha value is -3.87. The van der Waals surface area contributed by atoms with Gasteiger partial charge in [0.2, 0.25) is 0 Å². The lowest BCUT2D eigenvalue weighted by molar-refractivity contribution is 0.102.